The quantitative estimate of drug-likeness (QED) is 0.668. The van der Waals surface area contributed by atoms with E-state index in [2.05, 4.69) is 67.5 Å². The fraction of sp³-hybridized carbons (Fsp3) is 0.556. The van der Waals surface area contributed by atoms with Crippen LogP contribution in [0.1, 0.15) is 39.2 Å². The van der Waals surface area contributed by atoms with E-state index in [9.17, 15) is 0 Å². The van der Waals surface area contributed by atoms with Crippen LogP contribution >= 0.6 is 23.1 Å². The minimum absolute atomic E-state index is 0.585. The van der Waals surface area contributed by atoms with E-state index in [0.717, 1.165) is 18.2 Å². The largest absolute Gasteiger partial charge is 0.313 e. The van der Waals surface area contributed by atoms with Crippen molar-refractivity contribution < 1.29 is 0 Å². The molecular formula is C18H27NS2. The molecule has 1 heterocycles. The number of nitrogens with one attached hydrogen (secondary N) is 1. The summed E-state index contributed by atoms with van der Waals surface area (Å²) in [5.74, 6) is 1.21. The summed E-state index contributed by atoms with van der Waals surface area (Å²) in [4.78, 5) is 0. The van der Waals surface area contributed by atoms with Crippen LogP contribution in [0.4, 0.5) is 0 Å². The van der Waals surface area contributed by atoms with Crippen molar-refractivity contribution >= 4 is 33.2 Å². The maximum absolute atomic E-state index is 3.74. The Bertz CT molecular complexity index is 535. The lowest BCUT2D eigenvalue weighted by molar-refractivity contribution is 0.551. The van der Waals surface area contributed by atoms with Gasteiger partial charge in [0.2, 0.25) is 0 Å². The van der Waals surface area contributed by atoms with E-state index >= 15 is 0 Å². The van der Waals surface area contributed by atoms with Gasteiger partial charge in [-0.05, 0) is 48.2 Å². The molecule has 1 N–H and O–H groups in total. The van der Waals surface area contributed by atoms with Gasteiger partial charge in [-0.1, -0.05) is 39.0 Å². The number of thioether (sulfide) groups is 1. The lowest BCUT2D eigenvalue weighted by atomic mass is 10.1. The predicted octanol–water partition coefficient (Wildman–Crippen LogP) is 5.34. The maximum Gasteiger partial charge on any atom is 0.0345 e. The molecule has 3 heteroatoms. The van der Waals surface area contributed by atoms with E-state index in [1.165, 1.54) is 34.2 Å². The first-order valence-electron chi connectivity index (χ1n) is 8.04. The molecule has 1 nitrogen and oxygen atoms in total. The zero-order valence-electron chi connectivity index (χ0n) is 13.4. The molecule has 0 spiro atoms. The third kappa shape index (κ3) is 5.01. The van der Waals surface area contributed by atoms with Crippen molar-refractivity contribution in [2.24, 2.45) is 0 Å². The molecule has 0 bridgehead atoms. The first-order chi connectivity index (χ1) is 10.2. The first-order valence-corrected chi connectivity index (χ1v) is 9.97. The zero-order valence-corrected chi connectivity index (χ0v) is 15.0. The van der Waals surface area contributed by atoms with Gasteiger partial charge in [0.15, 0.2) is 0 Å². The predicted molar refractivity (Wildman–Crippen MR) is 99.8 cm³/mol. The van der Waals surface area contributed by atoms with Gasteiger partial charge in [0, 0.05) is 21.7 Å². The topological polar surface area (TPSA) is 12.0 Å². The van der Waals surface area contributed by atoms with E-state index in [-0.39, 0.29) is 0 Å². The Morgan fingerprint density at radius 3 is 2.81 bits per heavy atom. The summed E-state index contributed by atoms with van der Waals surface area (Å²) in [6, 6.07) is 9.36. The summed E-state index contributed by atoms with van der Waals surface area (Å²) in [7, 11) is 0. The van der Waals surface area contributed by atoms with Crippen molar-refractivity contribution in [2.75, 3.05) is 12.3 Å². The summed E-state index contributed by atoms with van der Waals surface area (Å²) in [6.45, 7) is 7.97. The van der Waals surface area contributed by atoms with Gasteiger partial charge in [-0.25, -0.2) is 0 Å². The Labute approximate surface area is 137 Å². The van der Waals surface area contributed by atoms with Crippen LogP contribution in [0.25, 0.3) is 10.1 Å². The van der Waals surface area contributed by atoms with E-state index in [4.69, 9.17) is 0 Å². The highest BCUT2D eigenvalue weighted by atomic mass is 32.2. The second-order valence-corrected chi connectivity index (χ2v) is 8.05. The molecule has 0 aliphatic heterocycles. The molecule has 1 aromatic carbocycles. The summed E-state index contributed by atoms with van der Waals surface area (Å²) in [6.07, 6.45) is 3.61. The normalized spacial score (nSPS) is 14.4. The molecule has 116 valence electrons. The SMILES string of the molecule is CCCNC(CSC(C)CC)Cc1csc2ccccc12. The van der Waals surface area contributed by atoms with Gasteiger partial charge >= 0.3 is 0 Å². The second kappa shape index (κ2) is 8.82. The average molecular weight is 322 g/mol. The molecular weight excluding hydrogens is 294 g/mol. The Hall–Kier alpha value is -0.510. The molecule has 0 fully saturated rings. The summed E-state index contributed by atoms with van der Waals surface area (Å²) < 4.78 is 1.41. The maximum atomic E-state index is 3.74. The van der Waals surface area contributed by atoms with Gasteiger partial charge in [0.05, 0.1) is 0 Å². The number of benzene rings is 1. The van der Waals surface area contributed by atoms with Gasteiger partial charge in [0.1, 0.15) is 0 Å². The number of hydrogen-bond acceptors (Lipinski definition) is 3. The van der Waals surface area contributed by atoms with E-state index in [0.29, 0.717) is 6.04 Å². The molecule has 21 heavy (non-hydrogen) atoms. The van der Waals surface area contributed by atoms with Crippen molar-refractivity contribution in [3.05, 3.63) is 35.2 Å². The smallest absolute Gasteiger partial charge is 0.0345 e. The van der Waals surface area contributed by atoms with Crippen LogP contribution in [-0.4, -0.2) is 23.6 Å². The number of rotatable bonds is 9. The third-order valence-corrected chi connectivity index (χ3v) is 6.38. The van der Waals surface area contributed by atoms with Gasteiger partial charge in [-0.2, -0.15) is 11.8 Å². The van der Waals surface area contributed by atoms with Gasteiger partial charge in [0.25, 0.3) is 0 Å². The zero-order chi connectivity index (χ0) is 15.1. The molecule has 2 unspecified atom stereocenters. The van der Waals surface area contributed by atoms with Crippen molar-refractivity contribution in [2.45, 2.75) is 51.3 Å². The third-order valence-electron chi connectivity index (χ3n) is 3.87. The van der Waals surface area contributed by atoms with Crippen LogP contribution in [0.2, 0.25) is 0 Å². The van der Waals surface area contributed by atoms with E-state index in [1.807, 2.05) is 11.3 Å². The Balaban J connectivity index is 2.02. The molecule has 1 aromatic heterocycles. The number of hydrogen-bond donors (Lipinski definition) is 1. The molecule has 0 radical (unpaired) electrons. The molecule has 0 aliphatic carbocycles. The molecule has 0 saturated heterocycles. The summed E-state index contributed by atoms with van der Waals surface area (Å²) in [5, 5.41) is 8.29. The lowest BCUT2D eigenvalue weighted by Crippen LogP contribution is -2.34. The van der Waals surface area contributed by atoms with Crippen molar-refractivity contribution in [1.82, 2.24) is 5.32 Å². The molecule has 0 aliphatic rings. The lowest BCUT2D eigenvalue weighted by Gasteiger charge is -2.20. The number of fused-ring (bicyclic) bond motifs is 1. The van der Waals surface area contributed by atoms with E-state index < -0.39 is 0 Å². The fourth-order valence-electron chi connectivity index (χ4n) is 2.39. The van der Waals surface area contributed by atoms with Crippen LogP contribution in [0.15, 0.2) is 29.6 Å². The summed E-state index contributed by atoms with van der Waals surface area (Å²) in [5.41, 5.74) is 1.51. The van der Waals surface area contributed by atoms with Crippen LogP contribution < -0.4 is 5.32 Å². The standard InChI is InChI=1S/C18H27NS2/c1-4-10-19-16(13-20-14(3)5-2)11-15-12-21-18-9-7-6-8-17(15)18/h6-9,12,14,16,19H,4-5,10-11,13H2,1-3H3. The highest BCUT2D eigenvalue weighted by Gasteiger charge is 2.13. The molecule has 0 saturated carbocycles. The van der Waals surface area contributed by atoms with E-state index in [1.54, 1.807) is 0 Å². The van der Waals surface area contributed by atoms with Gasteiger partial charge in [-0.3, -0.25) is 0 Å². The van der Waals surface area contributed by atoms with Crippen molar-refractivity contribution in [1.29, 1.82) is 0 Å². The molecule has 2 aromatic rings. The van der Waals surface area contributed by atoms with Gasteiger partial charge in [-0.15, -0.1) is 11.3 Å². The highest BCUT2D eigenvalue weighted by molar-refractivity contribution is 7.99. The minimum Gasteiger partial charge on any atom is -0.313 e. The monoisotopic (exact) mass is 321 g/mol. The number of thiophene rings is 1. The Morgan fingerprint density at radius 1 is 1.24 bits per heavy atom. The molecule has 0 amide bonds. The Morgan fingerprint density at radius 2 is 2.05 bits per heavy atom. The van der Waals surface area contributed by atoms with Crippen molar-refractivity contribution in [3.8, 4) is 0 Å². The van der Waals surface area contributed by atoms with Crippen LogP contribution in [0, 0.1) is 0 Å². The van der Waals surface area contributed by atoms with Crippen molar-refractivity contribution in [3.63, 3.8) is 0 Å². The van der Waals surface area contributed by atoms with Crippen LogP contribution in [0.5, 0.6) is 0 Å². The molecule has 2 atom stereocenters. The van der Waals surface area contributed by atoms with Crippen LogP contribution in [0.3, 0.4) is 0 Å². The molecule has 2 rings (SSSR count). The van der Waals surface area contributed by atoms with Gasteiger partial charge < -0.3 is 5.32 Å². The Kier molecular flexibility index (Phi) is 7.08. The minimum atomic E-state index is 0.585. The summed E-state index contributed by atoms with van der Waals surface area (Å²) >= 11 is 3.98. The second-order valence-electron chi connectivity index (χ2n) is 5.66. The fourth-order valence-corrected chi connectivity index (χ4v) is 4.40. The highest BCUT2D eigenvalue weighted by Crippen LogP contribution is 2.27. The first kappa shape index (κ1) is 16.9. The average Bonchev–Trinajstić information content (AvgIpc) is 2.92. The van der Waals surface area contributed by atoms with Crippen LogP contribution in [-0.2, 0) is 6.42 Å².